The van der Waals surface area contributed by atoms with Crippen molar-refractivity contribution in [2.24, 2.45) is 5.73 Å². The predicted octanol–water partition coefficient (Wildman–Crippen LogP) is 3.03. The van der Waals surface area contributed by atoms with E-state index >= 15 is 0 Å². The highest BCUT2D eigenvalue weighted by Gasteiger charge is 2.14. The van der Waals surface area contributed by atoms with Crippen molar-refractivity contribution in [3.8, 4) is 11.1 Å². The van der Waals surface area contributed by atoms with Crippen LogP contribution in [0.1, 0.15) is 16.1 Å². The molecule has 0 aliphatic heterocycles. The number of fused-ring (bicyclic) bond motifs is 1. The number of hydrogen-bond acceptors (Lipinski definition) is 3. The Kier molecular flexibility index (Phi) is 3.39. The average Bonchev–Trinajstić information content (AvgIpc) is 2.82. The van der Waals surface area contributed by atoms with Crippen LogP contribution in [0.2, 0.25) is 0 Å². The summed E-state index contributed by atoms with van der Waals surface area (Å²) >= 11 is 0. The fourth-order valence-corrected chi connectivity index (χ4v) is 2.54. The van der Waals surface area contributed by atoms with Gasteiger partial charge in [0.2, 0.25) is 0 Å². The lowest BCUT2D eigenvalue weighted by molar-refractivity contribution is 0.0976. The summed E-state index contributed by atoms with van der Waals surface area (Å²) in [4.78, 5) is 12.0. The van der Waals surface area contributed by atoms with Crippen molar-refractivity contribution in [2.45, 2.75) is 6.92 Å². The number of carbonyl (C=O) groups is 1. The molecule has 0 fully saturated rings. The third-order valence-electron chi connectivity index (χ3n) is 3.43. The summed E-state index contributed by atoms with van der Waals surface area (Å²) in [6.45, 7) is 1.90. The van der Waals surface area contributed by atoms with E-state index in [4.69, 9.17) is 15.6 Å². The van der Waals surface area contributed by atoms with E-state index in [1.165, 1.54) is 0 Å². The third-order valence-corrected chi connectivity index (χ3v) is 3.43. The molecule has 0 spiro atoms. The Morgan fingerprint density at radius 2 is 1.95 bits per heavy atom. The highest BCUT2D eigenvalue weighted by molar-refractivity contribution is 6.05. The smallest absolute Gasteiger partial charge is 0.257 e. The van der Waals surface area contributed by atoms with Gasteiger partial charge in [0.15, 0.2) is 5.96 Å². The van der Waals surface area contributed by atoms with E-state index in [-0.39, 0.29) is 5.96 Å². The molecule has 0 aliphatic rings. The molecule has 1 amide bonds. The summed E-state index contributed by atoms with van der Waals surface area (Å²) in [6, 6.07) is 14.9. The number of carbonyl (C=O) groups excluding carboxylic acids is 1. The zero-order chi connectivity index (χ0) is 15.7. The van der Waals surface area contributed by atoms with Crippen molar-refractivity contribution < 1.29 is 9.21 Å². The second-order valence-corrected chi connectivity index (χ2v) is 4.98. The Balaban J connectivity index is 2.10. The molecule has 0 unspecified atom stereocenters. The fraction of sp³-hybridized carbons (Fsp3) is 0.0588. The number of furan rings is 1. The van der Waals surface area contributed by atoms with Gasteiger partial charge in [-0.25, -0.2) is 0 Å². The third kappa shape index (κ3) is 2.44. The molecule has 3 rings (SSSR count). The molecule has 5 nitrogen and oxygen atoms in total. The second kappa shape index (κ2) is 5.37. The first kappa shape index (κ1) is 13.9. The van der Waals surface area contributed by atoms with Crippen molar-refractivity contribution >= 4 is 22.8 Å². The van der Waals surface area contributed by atoms with Crippen LogP contribution < -0.4 is 11.1 Å². The number of rotatable bonds is 2. The molecule has 5 heteroatoms. The van der Waals surface area contributed by atoms with Gasteiger partial charge >= 0.3 is 0 Å². The van der Waals surface area contributed by atoms with Crippen LogP contribution in [0.15, 0.2) is 52.9 Å². The molecule has 1 aromatic heterocycles. The first-order chi connectivity index (χ1) is 10.6. The van der Waals surface area contributed by atoms with Crippen molar-refractivity contribution in [2.75, 3.05) is 0 Å². The SMILES string of the molecule is Cc1oc2ccccc2c1-c1cccc(C(=O)NC(=N)N)c1. The molecule has 3 aromatic rings. The normalized spacial score (nSPS) is 10.6. The van der Waals surface area contributed by atoms with Crippen LogP contribution in [0.5, 0.6) is 0 Å². The molecule has 4 N–H and O–H groups in total. The van der Waals surface area contributed by atoms with Gasteiger partial charge in [-0.15, -0.1) is 0 Å². The number of para-hydroxylation sites is 1. The molecule has 0 saturated heterocycles. The minimum atomic E-state index is -0.403. The lowest BCUT2D eigenvalue weighted by Gasteiger charge is -2.06. The molecule has 0 aliphatic carbocycles. The Hall–Kier alpha value is -3.08. The number of benzene rings is 2. The number of nitrogens with two attached hydrogens (primary N) is 1. The van der Waals surface area contributed by atoms with Crippen molar-refractivity contribution in [1.82, 2.24) is 5.32 Å². The average molecular weight is 293 g/mol. The minimum absolute atomic E-state index is 0.375. The van der Waals surface area contributed by atoms with Gasteiger partial charge in [0.25, 0.3) is 5.91 Å². The van der Waals surface area contributed by atoms with E-state index < -0.39 is 5.91 Å². The van der Waals surface area contributed by atoms with Gasteiger partial charge in [-0.2, -0.15) is 0 Å². The van der Waals surface area contributed by atoms with Gasteiger partial charge in [0, 0.05) is 16.5 Å². The maximum Gasteiger partial charge on any atom is 0.257 e. The zero-order valence-electron chi connectivity index (χ0n) is 12.0. The molecule has 0 saturated carbocycles. The number of amides is 1. The van der Waals surface area contributed by atoms with E-state index in [1.807, 2.05) is 37.3 Å². The summed E-state index contributed by atoms with van der Waals surface area (Å²) in [5.74, 6) is 0.0190. The van der Waals surface area contributed by atoms with Crippen LogP contribution in [0.3, 0.4) is 0 Å². The topological polar surface area (TPSA) is 92.1 Å². The van der Waals surface area contributed by atoms with Crippen molar-refractivity contribution in [3.63, 3.8) is 0 Å². The first-order valence-electron chi connectivity index (χ1n) is 6.80. The Morgan fingerprint density at radius 3 is 2.73 bits per heavy atom. The molecule has 1 heterocycles. The first-order valence-corrected chi connectivity index (χ1v) is 6.80. The number of hydrogen-bond donors (Lipinski definition) is 3. The number of aryl methyl sites for hydroxylation is 1. The molecule has 0 bridgehead atoms. The maximum absolute atomic E-state index is 12.0. The van der Waals surface area contributed by atoms with Crippen LogP contribution in [0.25, 0.3) is 22.1 Å². The van der Waals surface area contributed by atoms with Crippen LogP contribution >= 0.6 is 0 Å². The van der Waals surface area contributed by atoms with Crippen molar-refractivity contribution in [3.05, 3.63) is 59.9 Å². The Labute approximate surface area is 127 Å². The monoisotopic (exact) mass is 293 g/mol. The minimum Gasteiger partial charge on any atom is -0.461 e. The molecular weight excluding hydrogens is 278 g/mol. The van der Waals surface area contributed by atoms with E-state index in [0.717, 1.165) is 27.9 Å². The summed E-state index contributed by atoms with van der Waals surface area (Å²) in [5.41, 5.74) is 8.31. The van der Waals surface area contributed by atoms with Crippen LogP contribution in [0.4, 0.5) is 0 Å². The van der Waals surface area contributed by atoms with Gasteiger partial charge in [0.1, 0.15) is 11.3 Å². The number of guanidine groups is 1. The second-order valence-electron chi connectivity index (χ2n) is 4.98. The quantitative estimate of drug-likeness (QED) is 0.501. The molecule has 110 valence electrons. The zero-order valence-corrected chi connectivity index (χ0v) is 12.0. The fourth-order valence-electron chi connectivity index (χ4n) is 2.54. The van der Waals surface area contributed by atoms with Crippen molar-refractivity contribution in [1.29, 1.82) is 5.41 Å². The summed E-state index contributed by atoms with van der Waals surface area (Å²) < 4.78 is 5.76. The highest BCUT2D eigenvalue weighted by Crippen LogP contribution is 2.34. The Morgan fingerprint density at radius 1 is 1.18 bits per heavy atom. The van der Waals surface area contributed by atoms with Gasteiger partial charge in [-0.05, 0) is 30.7 Å². The lowest BCUT2D eigenvalue weighted by atomic mass is 10.00. The standard InChI is InChI=1S/C17H15N3O2/c1-10-15(13-7-2-3-8-14(13)22-10)11-5-4-6-12(9-11)16(21)20-17(18)19/h2-9H,1H3,(H4,18,19,20,21). The summed E-state index contributed by atoms with van der Waals surface area (Å²) in [6.07, 6.45) is 0. The van der Waals surface area contributed by atoms with Gasteiger partial charge in [-0.1, -0.05) is 30.3 Å². The lowest BCUT2D eigenvalue weighted by Crippen LogP contribution is -2.35. The maximum atomic E-state index is 12.0. The van der Waals surface area contributed by atoms with E-state index in [0.29, 0.717) is 5.56 Å². The van der Waals surface area contributed by atoms with Gasteiger partial charge < -0.3 is 10.2 Å². The van der Waals surface area contributed by atoms with Crippen LogP contribution in [0, 0.1) is 12.3 Å². The summed E-state index contributed by atoms with van der Waals surface area (Å²) in [5, 5.41) is 10.4. The summed E-state index contributed by atoms with van der Waals surface area (Å²) in [7, 11) is 0. The van der Waals surface area contributed by atoms with E-state index in [2.05, 4.69) is 5.32 Å². The molecule has 22 heavy (non-hydrogen) atoms. The molecule has 2 aromatic carbocycles. The van der Waals surface area contributed by atoms with Gasteiger partial charge in [0.05, 0.1) is 0 Å². The molecular formula is C17H15N3O2. The molecule has 0 atom stereocenters. The highest BCUT2D eigenvalue weighted by atomic mass is 16.3. The van der Waals surface area contributed by atoms with E-state index in [9.17, 15) is 4.79 Å². The predicted molar refractivity (Wildman–Crippen MR) is 85.8 cm³/mol. The van der Waals surface area contributed by atoms with E-state index in [1.54, 1.807) is 18.2 Å². The van der Waals surface area contributed by atoms with Gasteiger partial charge in [-0.3, -0.25) is 15.5 Å². The van der Waals surface area contributed by atoms with Crippen LogP contribution in [-0.2, 0) is 0 Å². The van der Waals surface area contributed by atoms with Crippen LogP contribution in [-0.4, -0.2) is 11.9 Å². The number of nitrogens with one attached hydrogen (secondary N) is 2. The molecule has 0 radical (unpaired) electrons. The Bertz CT molecular complexity index is 880. The largest absolute Gasteiger partial charge is 0.461 e.